The van der Waals surface area contributed by atoms with Crippen LogP contribution in [0.5, 0.6) is 0 Å². The molecule has 0 bridgehead atoms. The van der Waals surface area contributed by atoms with Gasteiger partial charge in [-0.3, -0.25) is 0 Å². The zero-order valence-corrected chi connectivity index (χ0v) is 12.7. The normalized spacial score (nSPS) is 16.6. The highest BCUT2D eigenvalue weighted by atomic mass is 16.2. The van der Waals surface area contributed by atoms with Gasteiger partial charge in [-0.1, -0.05) is 30.3 Å². The van der Waals surface area contributed by atoms with Crippen molar-refractivity contribution >= 4 is 6.03 Å². The van der Waals surface area contributed by atoms with Crippen LogP contribution in [0.4, 0.5) is 4.79 Å². The molecule has 0 unspecified atom stereocenters. The fourth-order valence-corrected chi connectivity index (χ4v) is 2.75. The summed E-state index contributed by atoms with van der Waals surface area (Å²) in [4.78, 5) is 16.2. The second-order valence-electron chi connectivity index (χ2n) is 5.97. The van der Waals surface area contributed by atoms with Gasteiger partial charge in [0.15, 0.2) is 0 Å². The minimum Gasteiger partial charge on any atom is -0.334 e. The summed E-state index contributed by atoms with van der Waals surface area (Å²) in [6, 6.07) is 10.00. The number of rotatable bonds is 5. The van der Waals surface area contributed by atoms with Crippen LogP contribution in [0, 0.1) is 0 Å². The Hall–Kier alpha value is -1.55. The van der Waals surface area contributed by atoms with Crippen molar-refractivity contribution in [3.05, 3.63) is 35.9 Å². The molecule has 1 fully saturated rings. The highest BCUT2D eigenvalue weighted by Crippen LogP contribution is 2.36. The third-order valence-corrected chi connectivity index (χ3v) is 4.40. The lowest BCUT2D eigenvalue weighted by atomic mass is 9.75. The van der Waals surface area contributed by atoms with Crippen LogP contribution in [0.1, 0.15) is 24.8 Å². The molecular formula is C16H25N3O. The fourth-order valence-electron chi connectivity index (χ4n) is 2.75. The zero-order chi connectivity index (χ0) is 14.6. The summed E-state index contributed by atoms with van der Waals surface area (Å²) in [5.74, 6) is 0. The maximum Gasteiger partial charge on any atom is 0.317 e. The molecule has 110 valence electrons. The molecule has 0 saturated heterocycles. The maximum atomic E-state index is 12.2. The lowest BCUT2D eigenvalue weighted by Gasteiger charge is -2.49. The van der Waals surface area contributed by atoms with Gasteiger partial charge in [0.2, 0.25) is 0 Å². The largest absolute Gasteiger partial charge is 0.334 e. The summed E-state index contributed by atoms with van der Waals surface area (Å²) in [5.41, 5.74) is 1.30. The summed E-state index contributed by atoms with van der Waals surface area (Å²) in [6.07, 6.45) is 3.62. The third-order valence-electron chi connectivity index (χ3n) is 4.40. The monoisotopic (exact) mass is 275 g/mol. The van der Waals surface area contributed by atoms with Crippen LogP contribution in [-0.4, -0.2) is 49.1 Å². The van der Waals surface area contributed by atoms with Crippen LogP contribution in [0.2, 0.25) is 0 Å². The van der Waals surface area contributed by atoms with Gasteiger partial charge in [-0.05, 0) is 38.9 Å². The fraction of sp³-hybridized carbons (Fsp3) is 0.562. The van der Waals surface area contributed by atoms with Gasteiger partial charge in [0.25, 0.3) is 0 Å². The van der Waals surface area contributed by atoms with Gasteiger partial charge < -0.3 is 15.1 Å². The molecule has 20 heavy (non-hydrogen) atoms. The Morgan fingerprint density at radius 2 is 1.85 bits per heavy atom. The molecule has 1 aliphatic rings. The number of amides is 2. The Bertz CT molecular complexity index is 440. The van der Waals surface area contributed by atoms with Crippen molar-refractivity contribution in [2.75, 3.05) is 27.7 Å². The van der Waals surface area contributed by atoms with E-state index in [0.717, 1.165) is 12.1 Å². The Morgan fingerprint density at radius 3 is 2.35 bits per heavy atom. The molecular weight excluding hydrogens is 250 g/mol. The van der Waals surface area contributed by atoms with Crippen molar-refractivity contribution in [2.24, 2.45) is 0 Å². The molecule has 0 radical (unpaired) electrons. The van der Waals surface area contributed by atoms with Crippen LogP contribution < -0.4 is 5.32 Å². The van der Waals surface area contributed by atoms with Gasteiger partial charge in [-0.25, -0.2) is 4.79 Å². The molecule has 0 spiro atoms. The predicted molar refractivity (Wildman–Crippen MR) is 81.6 cm³/mol. The zero-order valence-electron chi connectivity index (χ0n) is 12.7. The van der Waals surface area contributed by atoms with E-state index in [1.165, 1.54) is 19.3 Å². The number of hydrogen-bond acceptors (Lipinski definition) is 2. The molecule has 0 aromatic heterocycles. The average molecular weight is 275 g/mol. The smallest absolute Gasteiger partial charge is 0.317 e. The molecule has 4 nitrogen and oxygen atoms in total. The highest BCUT2D eigenvalue weighted by molar-refractivity contribution is 5.74. The first-order chi connectivity index (χ1) is 9.53. The SMILES string of the molecule is CN(CC1(N(C)C)CCC1)C(=O)NCc1ccccc1. The van der Waals surface area contributed by atoms with Gasteiger partial charge in [0.1, 0.15) is 0 Å². The Labute approximate surface area is 121 Å². The predicted octanol–water partition coefficient (Wildman–Crippen LogP) is 2.31. The maximum absolute atomic E-state index is 12.2. The summed E-state index contributed by atoms with van der Waals surface area (Å²) in [6.45, 7) is 1.37. The van der Waals surface area contributed by atoms with E-state index in [1.807, 2.05) is 42.3 Å². The molecule has 0 heterocycles. The van der Waals surface area contributed by atoms with E-state index in [-0.39, 0.29) is 11.6 Å². The lowest BCUT2D eigenvalue weighted by molar-refractivity contribution is 0.0363. The van der Waals surface area contributed by atoms with Crippen LogP contribution in [-0.2, 0) is 6.54 Å². The van der Waals surface area contributed by atoms with Gasteiger partial charge in [0, 0.05) is 25.7 Å². The van der Waals surface area contributed by atoms with Gasteiger partial charge in [-0.2, -0.15) is 0 Å². The second-order valence-corrected chi connectivity index (χ2v) is 5.97. The Morgan fingerprint density at radius 1 is 1.20 bits per heavy atom. The first kappa shape index (κ1) is 14.9. The number of hydrogen-bond donors (Lipinski definition) is 1. The van der Waals surface area contributed by atoms with Crippen molar-refractivity contribution in [3.8, 4) is 0 Å². The van der Waals surface area contributed by atoms with E-state index in [2.05, 4.69) is 24.3 Å². The molecule has 1 saturated carbocycles. The van der Waals surface area contributed by atoms with E-state index in [9.17, 15) is 4.79 Å². The van der Waals surface area contributed by atoms with Crippen LogP contribution in [0.3, 0.4) is 0 Å². The molecule has 4 heteroatoms. The van der Waals surface area contributed by atoms with Crippen LogP contribution in [0.25, 0.3) is 0 Å². The van der Waals surface area contributed by atoms with Crippen LogP contribution >= 0.6 is 0 Å². The number of nitrogens with one attached hydrogen (secondary N) is 1. The van der Waals surface area contributed by atoms with E-state index in [1.54, 1.807) is 0 Å². The highest BCUT2D eigenvalue weighted by Gasteiger charge is 2.40. The molecule has 1 N–H and O–H groups in total. The Kier molecular flexibility index (Phi) is 4.65. The second kappa shape index (κ2) is 6.27. The molecule has 2 amide bonds. The lowest BCUT2D eigenvalue weighted by Crippen LogP contribution is -2.58. The summed E-state index contributed by atoms with van der Waals surface area (Å²) >= 11 is 0. The van der Waals surface area contributed by atoms with Crippen molar-refractivity contribution in [1.82, 2.24) is 15.1 Å². The van der Waals surface area contributed by atoms with Crippen molar-refractivity contribution in [1.29, 1.82) is 0 Å². The third kappa shape index (κ3) is 3.31. The minimum absolute atomic E-state index is 0.00183. The standard InChI is InChI=1S/C16H25N3O/c1-18(2)16(10-7-11-16)13-19(3)15(20)17-12-14-8-5-4-6-9-14/h4-6,8-9H,7,10-13H2,1-3H3,(H,17,20). The number of carbonyl (C=O) groups is 1. The molecule has 1 aliphatic carbocycles. The number of urea groups is 1. The van der Waals surface area contributed by atoms with Gasteiger partial charge >= 0.3 is 6.03 Å². The topological polar surface area (TPSA) is 35.6 Å². The number of likely N-dealkylation sites (N-methyl/N-ethyl adjacent to an activating group) is 2. The van der Waals surface area contributed by atoms with Crippen molar-refractivity contribution in [3.63, 3.8) is 0 Å². The first-order valence-electron chi connectivity index (χ1n) is 7.24. The van der Waals surface area contributed by atoms with Crippen LogP contribution in [0.15, 0.2) is 30.3 Å². The minimum atomic E-state index is 0.00183. The van der Waals surface area contributed by atoms with Crippen molar-refractivity contribution in [2.45, 2.75) is 31.3 Å². The number of benzene rings is 1. The molecule has 0 atom stereocenters. The quantitative estimate of drug-likeness (QED) is 0.895. The van der Waals surface area contributed by atoms with Crippen molar-refractivity contribution < 1.29 is 4.79 Å². The summed E-state index contributed by atoms with van der Waals surface area (Å²) < 4.78 is 0. The van der Waals surface area contributed by atoms with E-state index < -0.39 is 0 Å². The van der Waals surface area contributed by atoms with Gasteiger partial charge in [-0.15, -0.1) is 0 Å². The number of carbonyl (C=O) groups excluding carboxylic acids is 1. The Balaban J connectivity index is 1.83. The molecule has 1 aromatic rings. The van der Waals surface area contributed by atoms with E-state index in [0.29, 0.717) is 6.54 Å². The summed E-state index contributed by atoms with van der Waals surface area (Å²) in [5, 5.41) is 2.98. The summed E-state index contributed by atoms with van der Waals surface area (Å²) in [7, 11) is 6.09. The molecule has 0 aliphatic heterocycles. The first-order valence-corrected chi connectivity index (χ1v) is 7.24. The number of nitrogens with zero attached hydrogens (tertiary/aromatic N) is 2. The molecule has 2 rings (SSSR count). The van der Waals surface area contributed by atoms with E-state index >= 15 is 0 Å². The molecule has 1 aromatic carbocycles. The van der Waals surface area contributed by atoms with E-state index in [4.69, 9.17) is 0 Å². The average Bonchev–Trinajstić information content (AvgIpc) is 2.40. The van der Waals surface area contributed by atoms with Gasteiger partial charge in [0.05, 0.1) is 0 Å².